The van der Waals surface area contributed by atoms with Crippen molar-refractivity contribution in [1.82, 2.24) is 4.98 Å². The van der Waals surface area contributed by atoms with Crippen LogP contribution in [0.5, 0.6) is 11.6 Å². The molecule has 0 saturated heterocycles. The lowest BCUT2D eigenvalue weighted by Gasteiger charge is -2.08. The van der Waals surface area contributed by atoms with Crippen LogP contribution in [-0.2, 0) is 6.61 Å². The third-order valence-electron chi connectivity index (χ3n) is 3.06. The number of pyridine rings is 1. The van der Waals surface area contributed by atoms with Gasteiger partial charge < -0.3 is 14.6 Å². The predicted octanol–water partition coefficient (Wildman–Crippen LogP) is 3.54. The monoisotopic (exact) mass is 301 g/mol. The van der Waals surface area contributed by atoms with Crippen LogP contribution in [0.1, 0.15) is 35.7 Å². The molecule has 0 saturated carbocycles. The molecule has 1 aromatic carbocycles. The molecule has 116 valence electrons. The predicted molar refractivity (Wildman–Crippen MR) is 82.4 cm³/mol. The van der Waals surface area contributed by atoms with E-state index in [1.165, 1.54) is 12.3 Å². The Balaban J connectivity index is 1.84. The number of unbranched alkanes of at least 4 members (excludes halogenated alkanes) is 1. The van der Waals surface area contributed by atoms with Crippen LogP contribution in [0.3, 0.4) is 0 Å². The summed E-state index contributed by atoms with van der Waals surface area (Å²) in [5.74, 6) is 0.243. The second kappa shape index (κ2) is 8.02. The Bertz CT molecular complexity index is 593. The molecule has 1 heterocycles. The first-order valence-corrected chi connectivity index (χ1v) is 7.23. The summed E-state index contributed by atoms with van der Waals surface area (Å²) in [6, 6.07) is 10.7. The number of ether oxygens (including phenoxy) is 2. The SMILES string of the molecule is CCCCOc1ccc(COc2ccc(C(=O)O)cn2)cc1. The van der Waals surface area contributed by atoms with Crippen molar-refractivity contribution >= 4 is 5.97 Å². The van der Waals surface area contributed by atoms with Crippen LogP contribution in [-0.4, -0.2) is 22.7 Å². The highest BCUT2D eigenvalue weighted by molar-refractivity contribution is 5.87. The van der Waals surface area contributed by atoms with Crippen molar-refractivity contribution in [1.29, 1.82) is 0 Å². The molecule has 0 aliphatic heterocycles. The standard InChI is InChI=1S/C17H19NO4/c1-2-3-10-21-15-7-4-13(5-8-15)12-22-16-9-6-14(11-18-16)17(19)20/h4-9,11H,2-3,10,12H2,1H3,(H,19,20). The summed E-state index contributed by atoms with van der Waals surface area (Å²) >= 11 is 0. The van der Waals surface area contributed by atoms with Crippen LogP contribution in [0, 0.1) is 0 Å². The molecule has 0 aliphatic rings. The molecule has 0 unspecified atom stereocenters. The topological polar surface area (TPSA) is 68.7 Å². The average molecular weight is 301 g/mol. The number of nitrogens with zero attached hydrogens (tertiary/aromatic N) is 1. The molecule has 22 heavy (non-hydrogen) atoms. The van der Waals surface area contributed by atoms with E-state index in [1.807, 2.05) is 24.3 Å². The Kier molecular flexibility index (Phi) is 5.77. The van der Waals surface area contributed by atoms with Gasteiger partial charge in [0.25, 0.3) is 0 Å². The molecular weight excluding hydrogens is 282 g/mol. The molecule has 0 spiro atoms. The Morgan fingerprint density at radius 3 is 2.50 bits per heavy atom. The number of aromatic nitrogens is 1. The highest BCUT2D eigenvalue weighted by Crippen LogP contribution is 2.15. The van der Waals surface area contributed by atoms with Crippen molar-refractivity contribution in [3.8, 4) is 11.6 Å². The maximum absolute atomic E-state index is 10.7. The van der Waals surface area contributed by atoms with Gasteiger partial charge in [-0.2, -0.15) is 0 Å². The van der Waals surface area contributed by atoms with Crippen LogP contribution in [0.15, 0.2) is 42.6 Å². The first-order valence-electron chi connectivity index (χ1n) is 7.23. The molecule has 2 rings (SSSR count). The molecule has 0 atom stereocenters. The molecule has 0 bridgehead atoms. The first kappa shape index (κ1) is 15.8. The minimum absolute atomic E-state index is 0.140. The zero-order valence-corrected chi connectivity index (χ0v) is 12.5. The summed E-state index contributed by atoms with van der Waals surface area (Å²) in [5, 5.41) is 8.79. The minimum Gasteiger partial charge on any atom is -0.494 e. The number of carboxylic acid groups (broad SMARTS) is 1. The summed E-state index contributed by atoms with van der Waals surface area (Å²) in [7, 11) is 0. The molecule has 5 nitrogen and oxygen atoms in total. The first-order chi connectivity index (χ1) is 10.7. The van der Waals surface area contributed by atoms with E-state index in [-0.39, 0.29) is 5.56 Å². The van der Waals surface area contributed by atoms with Gasteiger partial charge in [-0.25, -0.2) is 9.78 Å². The van der Waals surface area contributed by atoms with Gasteiger partial charge in [0.1, 0.15) is 12.4 Å². The van der Waals surface area contributed by atoms with E-state index in [1.54, 1.807) is 6.07 Å². The van der Waals surface area contributed by atoms with Crippen molar-refractivity contribution in [3.05, 3.63) is 53.7 Å². The lowest BCUT2D eigenvalue weighted by Crippen LogP contribution is -2.01. The number of aromatic carboxylic acids is 1. The van der Waals surface area contributed by atoms with E-state index in [0.717, 1.165) is 30.8 Å². The molecule has 0 aliphatic carbocycles. The fourth-order valence-corrected chi connectivity index (χ4v) is 1.77. The van der Waals surface area contributed by atoms with Gasteiger partial charge in [-0.3, -0.25) is 0 Å². The number of hydrogen-bond donors (Lipinski definition) is 1. The van der Waals surface area contributed by atoms with Gasteiger partial charge in [-0.15, -0.1) is 0 Å². The zero-order chi connectivity index (χ0) is 15.8. The van der Waals surface area contributed by atoms with E-state index in [9.17, 15) is 4.79 Å². The van der Waals surface area contributed by atoms with Gasteiger partial charge >= 0.3 is 5.97 Å². The average Bonchev–Trinajstić information content (AvgIpc) is 2.55. The van der Waals surface area contributed by atoms with Crippen LogP contribution in [0.25, 0.3) is 0 Å². The van der Waals surface area contributed by atoms with Crippen molar-refractivity contribution in [3.63, 3.8) is 0 Å². The Morgan fingerprint density at radius 1 is 1.14 bits per heavy atom. The maximum atomic E-state index is 10.7. The third kappa shape index (κ3) is 4.77. The lowest BCUT2D eigenvalue weighted by atomic mass is 10.2. The Labute approximate surface area is 129 Å². The summed E-state index contributed by atoms with van der Waals surface area (Å²) < 4.78 is 11.1. The van der Waals surface area contributed by atoms with E-state index in [2.05, 4.69) is 11.9 Å². The number of rotatable bonds is 8. The number of carboxylic acids is 1. The van der Waals surface area contributed by atoms with Crippen LogP contribution in [0.2, 0.25) is 0 Å². The zero-order valence-electron chi connectivity index (χ0n) is 12.5. The van der Waals surface area contributed by atoms with Gasteiger partial charge in [0.2, 0.25) is 5.88 Å². The van der Waals surface area contributed by atoms with E-state index in [0.29, 0.717) is 12.5 Å². The summed E-state index contributed by atoms with van der Waals surface area (Å²) in [4.78, 5) is 14.7. The van der Waals surface area contributed by atoms with Crippen molar-refractivity contribution in [2.45, 2.75) is 26.4 Å². The quantitative estimate of drug-likeness (QED) is 0.755. The third-order valence-corrected chi connectivity index (χ3v) is 3.06. The fourth-order valence-electron chi connectivity index (χ4n) is 1.77. The van der Waals surface area contributed by atoms with Crippen molar-refractivity contribution < 1.29 is 19.4 Å². The minimum atomic E-state index is -1.00. The second-order valence-electron chi connectivity index (χ2n) is 4.82. The summed E-state index contributed by atoms with van der Waals surface area (Å²) in [6.45, 7) is 3.22. The van der Waals surface area contributed by atoms with Crippen molar-refractivity contribution in [2.24, 2.45) is 0 Å². The number of benzene rings is 1. The number of hydrogen-bond acceptors (Lipinski definition) is 4. The molecule has 0 radical (unpaired) electrons. The Morgan fingerprint density at radius 2 is 1.91 bits per heavy atom. The van der Waals surface area contributed by atoms with Crippen molar-refractivity contribution in [2.75, 3.05) is 6.61 Å². The fraction of sp³-hybridized carbons (Fsp3) is 0.294. The molecular formula is C17H19NO4. The van der Waals surface area contributed by atoms with E-state index >= 15 is 0 Å². The molecule has 0 fully saturated rings. The highest BCUT2D eigenvalue weighted by atomic mass is 16.5. The molecule has 1 aromatic heterocycles. The van der Waals surface area contributed by atoms with Gasteiger partial charge in [-0.1, -0.05) is 25.5 Å². The molecule has 5 heteroatoms. The normalized spacial score (nSPS) is 10.2. The van der Waals surface area contributed by atoms with Crippen LogP contribution in [0.4, 0.5) is 0 Å². The van der Waals surface area contributed by atoms with Crippen LogP contribution < -0.4 is 9.47 Å². The van der Waals surface area contributed by atoms with E-state index < -0.39 is 5.97 Å². The second-order valence-corrected chi connectivity index (χ2v) is 4.82. The Hall–Kier alpha value is -2.56. The van der Waals surface area contributed by atoms with Gasteiger partial charge in [0.05, 0.1) is 12.2 Å². The summed E-state index contributed by atoms with van der Waals surface area (Å²) in [6.07, 6.45) is 3.44. The molecule has 2 aromatic rings. The summed E-state index contributed by atoms with van der Waals surface area (Å²) in [5.41, 5.74) is 1.13. The van der Waals surface area contributed by atoms with E-state index in [4.69, 9.17) is 14.6 Å². The maximum Gasteiger partial charge on any atom is 0.337 e. The van der Waals surface area contributed by atoms with Crippen LogP contribution >= 0.6 is 0 Å². The number of carbonyl (C=O) groups is 1. The van der Waals surface area contributed by atoms with Gasteiger partial charge in [0, 0.05) is 12.3 Å². The lowest BCUT2D eigenvalue weighted by molar-refractivity contribution is 0.0696. The van der Waals surface area contributed by atoms with Gasteiger partial charge in [-0.05, 0) is 30.2 Å². The molecule has 1 N–H and O–H groups in total. The smallest absolute Gasteiger partial charge is 0.337 e. The largest absolute Gasteiger partial charge is 0.494 e. The molecule has 0 amide bonds. The highest BCUT2D eigenvalue weighted by Gasteiger charge is 2.04. The van der Waals surface area contributed by atoms with Gasteiger partial charge in [0.15, 0.2) is 0 Å².